The quantitative estimate of drug-likeness (QED) is 0.650. The number of hydrogen-bond acceptors (Lipinski definition) is 5. The van der Waals surface area contributed by atoms with E-state index >= 15 is 0 Å². The molecule has 0 atom stereocenters. The van der Waals surface area contributed by atoms with Gasteiger partial charge in [-0.15, -0.1) is 10.2 Å². The lowest BCUT2D eigenvalue weighted by Gasteiger charge is -2.04. The zero-order valence-corrected chi connectivity index (χ0v) is 15.3. The number of benzene rings is 2. The maximum atomic E-state index is 12.3. The highest BCUT2D eigenvalue weighted by molar-refractivity contribution is 9.10. The summed E-state index contributed by atoms with van der Waals surface area (Å²) in [5, 5.41) is 12.2. The van der Waals surface area contributed by atoms with Crippen LogP contribution < -0.4 is 0 Å². The van der Waals surface area contributed by atoms with E-state index in [1.807, 2.05) is 31.2 Å². The van der Waals surface area contributed by atoms with Gasteiger partial charge in [0.15, 0.2) is 9.84 Å². The van der Waals surface area contributed by atoms with Crippen LogP contribution in [-0.2, 0) is 16.4 Å². The molecular weight excluding hydrogens is 392 g/mol. The first-order chi connectivity index (χ1) is 11.5. The minimum atomic E-state index is -3.39. The summed E-state index contributed by atoms with van der Waals surface area (Å²) in [7, 11) is -3.39. The summed E-state index contributed by atoms with van der Waals surface area (Å²) < 4.78 is 25.5. The van der Waals surface area contributed by atoms with Crippen LogP contribution in [0.1, 0.15) is 5.56 Å². The predicted octanol–water partition coefficient (Wildman–Crippen LogP) is 2.88. The van der Waals surface area contributed by atoms with Crippen LogP contribution in [0.15, 0.2) is 57.9 Å². The highest BCUT2D eigenvalue weighted by Crippen LogP contribution is 2.18. The molecule has 0 spiro atoms. The van der Waals surface area contributed by atoms with Crippen molar-refractivity contribution in [2.75, 3.05) is 5.75 Å². The molecule has 0 aliphatic rings. The molecule has 1 heterocycles. The molecule has 0 radical (unpaired) electrons. The summed E-state index contributed by atoms with van der Waals surface area (Å²) in [4.78, 5) is 1.60. The van der Waals surface area contributed by atoms with E-state index in [-0.39, 0.29) is 17.2 Å². The third-order valence-electron chi connectivity index (χ3n) is 3.57. The first kappa shape index (κ1) is 16.8. The molecule has 124 valence electrons. The molecule has 0 aliphatic carbocycles. The average molecular weight is 407 g/mol. The normalized spacial score (nSPS) is 11.6. The molecule has 0 amide bonds. The standard InChI is InChI=1S/C16H15BrN4O2S/c1-12-4-2-3-5-15(12)16-18-20-21(19-16)10-11-24(22,23)14-8-6-13(17)7-9-14/h2-9H,10-11H2,1H3. The zero-order chi connectivity index (χ0) is 17.2. The van der Waals surface area contributed by atoms with Crippen LogP contribution in [0.25, 0.3) is 11.4 Å². The molecular formula is C16H15BrN4O2S. The van der Waals surface area contributed by atoms with Crippen molar-refractivity contribution in [1.82, 2.24) is 20.2 Å². The van der Waals surface area contributed by atoms with Gasteiger partial charge in [0.05, 0.1) is 17.2 Å². The largest absolute Gasteiger partial charge is 0.224 e. The number of aryl methyl sites for hydroxylation is 2. The fourth-order valence-corrected chi connectivity index (χ4v) is 3.69. The van der Waals surface area contributed by atoms with Crippen molar-refractivity contribution in [2.24, 2.45) is 0 Å². The van der Waals surface area contributed by atoms with Gasteiger partial charge in [-0.05, 0) is 42.0 Å². The van der Waals surface area contributed by atoms with Gasteiger partial charge in [0.1, 0.15) is 0 Å². The van der Waals surface area contributed by atoms with Gasteiger partial charge in [-0.25, -0.2) is 8.42 Å². The predicted molar refractivity (Wildman–Crippen MR) is 94.2 cm³/mol. The Morgan fingerprint density at radius 3 is 2.50 bits per heavy atom. The van der Waals surface area contributed by atoms with E-state index in [9.17, 15) is 8.42 Å². The molecule has 0 aliphatic heterocycles. The van der Waals surface area contributed by atoms with Crippen molar-refractivity contribution < 1.29 is 8.42 Å². The smallest absolute Gasteiger partial charge is 0.205 e. The van der Waals surface area contributed by atoms with Gasteiger partial charge in [-0.2, -0.15) is 4.80 Å². The molecule has 0 fully saturated rings. The second-order valence-corrected chi connectivity index (χ2v) is 8.32. The topological polar surface area (TPSA) is 77.7 Å². The van der Waals surface area contributed by atoms with Crippen molar-refractivity contribution in [3.05, 3.63) is 58.6 Å². The molecule has 2 aromatic carbocycles. The van der Waals surface area contributed by atoms with Gasteiger partial charge >= 0.3 is 0 Å². The minimum Gasteiger partial charge on any atom is -0.224 e. The van der Waals surface area contributed by atoms with E-state index in [2.05, 4.69) is 31.3 Å². The maximum Gasteiger partial charge on any atom is 0.205 e. The fourth-order valence-electron chi connectivity index (χ4n) is 2.23. The van der Waals surface area contributed by atoms with Crippen LogP contribution in [-0.4, -0.2) is 34.4 Å². The van der Waals surface area contributed by atoms with Gasteiger partial charge in [0, 0.05) is 10.0 Å². The molecule has 3 rings (SSSR count). The number of halogens is 1. The van der Waals surface area contributed by atoms with Crippen LogP contribution in [0.5, 0.6) is 0 Å². The van der Waals surface area contributed by atoms with Crippen LogP contribution in [0, 0.1) is 6.92 Å². The molecule has 0 N–H and O–H groups in total. The van der Waals surface area contributed by atoms with Crippen molar-refractivity contribution >= 4 is 25.8 Å². The van der Waals surface area contributed by atoms with Gasteiger partial charge < -0.3 is 0 Å². The molecule has 3 aromatic rings. The van der Waals surface area contributed by atoms with E-state index in [1.54, 1.807) is 24.3 Å². The van der Waals surface area contributed by atoms with E-state index < -0.39 is 9.84 Å². The van der Waals surface area contributed by atoms with E-state index in [0.29, 0.717) is 5.82 Å². The monoisotopic (exact) mass is 406 g/mol. The summed E-state index contributed by atoms with van der Waals surface area (Å²) in [6.45, 7) is 2.12. The maximum absolute atomic E-state index is 12.3. The molecule has 0 saturated carbocycles. The van der Waals surface area contributed by atoms with Crippen molar-refractivity contribution in [1.29, 1.82) is 0 Å². The Morgan fingerprint density at radius 2 is 1.79 bits per heavy atom. The van der Waals surface area contributed by atoms with Crippen LogP contribution in [0.3, 0.4) is 0 Å². The lowest BCUT2D eigenvalue weighted by atomic mass is 10.1. The summed E-state index contributed by atoms with van der Waals surface area (Å²) in [5.74, 6) is 0.409. The molecule has 1 aromatic heterocycles. The molecule has 6 nitrogen and oxygen atoms in total. The van der Waals surface area contributed by atoms with Gasteiger partial charge in [-0.3, -0.25) is 0 Å². The SMILES string of the molecule is Cc1ccccc1-c1nnn(CCS(=O)(=O)c2ccc(Br)cc2)n1. The number of aromatic nitrogens is 4. The number of rotatable bonds is 5. The lowest BCUT2D eigenvalue weighted by molar-refractivity contribution is 0.538. The van der Waals surface area contributed by atoms with E-state index in [4.69, 9.17) is 0 Å². The summed E-state index contributed by atoms with van der Waals surface area (Å²) in [6.07, 6.45) is 0. The fraction of sp³-hybridized carbons (Fsp3) is 0.188. The Hall–Kier alpha value is -2.06. The molecule has 0 bridgehead atoms. The Labute approximate surface area is 148 Å². The summed E-state index contributed by atoms with van der Waals surface area (Å²) in [6, 6.07) is 14.3. The minimum absolute atomic E-state index is 0.0851. The van der Waals surface area contributed by atoms with Gasteiger partial charge in [0.2, 0.25) is 5.82 Å². The zero-order valence-electron chi connectivity index (χ0n) is 12.9. The number of tetrazole rings is 1. The van der Waals surface area contributed by atoms with Gasteiger partial charge in [0.25, 0.3) is 0 Å². The summed E-state index contributed by atoms with van der Waals surface area (Å²) >= 11 is 3.29. The molecule has 8 heteroatoms. The number of nitrogens with zero attached hydrogens (tertiary/aromatic N) is 4. The molecule has 24 heavy (non-hydrogen) atoms. The Balaban J connectivity index is 1.74. The van der Waals surface area contributed by atoms with Crippen molar-refractivity contribution in [2.45, 2.75) is 18.4 Å². The second kappa shape index (κ2) is 6.82. The number of hydrogen-bond donors (Lipinski definition) is 0. The second-order valence-electron chi connectivity index (χ2n) is 5.30. The molecule has 0 unspecified atom stereocenters. The number of sulfone groups is 1. The average Bonchev–Trinajstić information content (AvgIpc) is 3.03. The highest BCUT2D eigenvalue weighted by Gasteiger charge is 2.16. The van der Waals surface area contributed by atoms with Crippen molar-refractivity contribution in [3.8, 4) is 11.4 Å². The Morgan fingerprint density at radius 1 is 1.08 bits per heavy atom. The van der Waals surface area contributed by atoms with E-state index in [1.165, 1.54) is 4.80 Å². The highest BCUT2D eigenvalue weighted by atomic mass is 79.9. The third kappa shape index (κ3) is 3.70. The molecule has 0 saturated heterocycles. The Kier molecular flexibility index (Phi) is 4.77. The van der Waals surface area contributed by atoms with E-state index in [0.717, 1.165) is 15.6 Å². The van der Waals surface area contributed by atoms with Crippen molar-refractivity contribution in [3.63, 3.8) is 0 Å². The first-order valence-corrected chi connectivity index (χ1v) is 9.72. The van der Waals surface area contributed by atoms with Crippen LogP contribution in [0.4, 0.5) is 0 Å². The first-order valence-electron chi connectivity index (χ1n) is 7.28. The lowest BCUT2D eigenvalue weighted by Crippen LogP contribution is -2.15. The Bertz CT molecular complexity index is 952. The third-order valence-corrected chi connectivity index (χ3v) is 5.81. The van der Waals surface area contributed by atoms with Gasteiger partial charge in [-0.1, -0.05) is 40.2 Å². The summed E-state index contributed by atoms with van der Waals surface area (Å²) in [5.41, 5.74) is 1.93. The van der Waals surface area contributed by atoms with Crippen LogP contribution >= 0.6 is 15.9 Å². The van der Waals surface area contributed by atoms with Crippen LogP contribution in [0.2, 0.25) is 0 Å².